The van der Waals surface area contributed by atoms with Crippen molar-refractivity contribution < 1.29 is 14.1 Å². The van der Waals surface area contributed by atoms with Gasteiger partial charge in [0.15, 0.2) is 0 Å². The van der Waals surface area contributed by atoms with Crippen molar-refractivity contribution >= 4 is 21.8 Å². The molecule has 1 atom stereocenters. The standard InChI is InChI=1S/C21H20BrN3O3/c1-27-18-10-6-14(7-11-18)19-23-20(28-24-19)16-3-2-12-25(13-16)21(26)15-4-8-17(22)9-5-15/h4-11,16H,2-3,12-13H2,1H3. The van der Waals surface area contributed by atoms with Gasteiger partial charge in [-0.05, 0) is 61.4 Å². The fourth-order valence-corrected chi connectivity index (χ4v) is 3.66. The molecule has 1 aromatic heterocycles. The maximum absolute atomic E-state index is 12.8. The van der Waals surface area contributed by atoms with Crippen LogP contribution in [0.25, 0.3) is 11.4 Å². The van der Waals surface area contributed by atoms with Crippen LogP contribution in [0.5, 0.6) is 5.75 Å². The lowest BCUT2D eigenvalue weighted by Crippen LogP contribution is -2.39. The molecule has 0 aliphatic carbocycles. The van der Waals surface area contributed by atoms with Crippen LogP contribution in [0.1, 0.15) is 35.0 Å². The third kappa shape index (κ3) is 3.94. The van der Waals surface area contributed by atoms with E-state index in [0.717, 1.165) is 35.2 Å². The van der Waals surface area contributed by atoms with E-state index in [4.69, 9.17) is 9.26 Å². The summed E-state index contributed by atoms with van der Waals surface area (Å²) >= 11 is 3.40. The van der Waals surface area contributed by atoms with Gasteiger partial charge in [-0.1, -0.05) is 21.1 Å². The molecule has 2 aromatic carbocycles. The lowest BCUT2D eigenvalue weighted by molar-refractivity contribution is 0.0695. The van der Waals surface area contributed by atoms with Gasteiger partial charge in [0.2, 0.25) is 11.7 Å². The molecule has 1 unspecified atom stereocenters. The monoisotopic (exact) mass is 441 g/mol. The molecule has 3 aromatic rings. The molecule has 2 heterocycles. The molecule has 0 radical (unpaired) electrons. The van der Waals surface area contributed by atoms with E-state index in [9.17, 15) is 4.79 Å². The van der Waals surface area contributed by atoms with Gasteiger partial charge in [-0.3, -0.25) is 4.79 Å². The number of methoxy groups -OCH3 is 1. The summed E-state index contributed by atoms with van der Waals surface area (Å²) in [5, 5.41) is 4.12. The predicted molar refractivity (Wildman–Crippen MR) is 108 cm³/mol. The van der Waals surface area contributed by atoms with Crippen molar-refractivity contribution in [3.05, 3.63) is 64.5 Å². The molecule has 28 heavy (non-hydrogen) atoms. The second-order valence-electron chi connectivity index (χ2n) is 6.78. The Morgan fingerprint density at radius 1 is 1.18 bits per heavy atom. The molecule has 0 bridgehead atoms. The Morgan fingerprint density at radius 2 is 1.93 bits per heavy atom. The Labute approximate surface area is 171 Å². The highest BCUT2D eigenvalue weighted by Gasteiger charge is 2.29. The van der Waals surface area contributed by atoms with Crippen LogP contribution in [0.2, 0.25) is 0 Å². The fourth-order valence-electron chi connectivity index (χ4n) is 3.40. The summed E-state index contributed by atoms with van der Waals surface area (Å²) < 4.78 is 11.7. The smallest absolute Gasteiger partial charge is 0.253 e. The maximum Gasteiger partial charge on any atom is 0.253 e. The molecule has 0 N–H and O–H groups in total. The van der Waals surface area contributed by atoms with Crippen molar-refractivity contribution in [2.45, 2.75) is 18.8 Å². The number of nitrogens with zero attached hydrogens (tertiary/aromatic N) is 3. The zero-order valence-electron chi connectivity index (χ0n) is 15.5. The van der Waals surface area contributed by atoms with Gasteiger partial charge in [-0.2, -0.15) is 4.98 Å². The lowest BCUT2D eigenvalue weighted by atomic mass is 9.97. The minimum Gasteiger partial charge on any atom is -0.497 e. The summed E-state index contributed by atoms with van der Waals surface area (Å²) in [6.45, 7) is 1.32. The van der Waals surface area contributed by atoms with Crippen molar-refractivity contribution in [3.8, 4) is 17.1 Å². The van der Waals surface area contributed by atoms with Crippen molar-refractivity contribution in [1.82, 2.24) is 15.0 Å². The average molecular weight is 442 g/mol. The number of rotatable bonds is 4. The van der Waals surface area contributed by atoms with E-state index in [1.807, 2.05) is 53.4 Å². The second-order valence-corrected chi connectivity index (χ2v) is 7.70. The molecule has 1 saturated heterocycles. The number of carbonyl (C=O) groups is 1. The Kier molecular flexibility index (Phi) is 5.43. The Bertz CT molecular complexity index is 954. The third-order valence-electron chi connectivity index (χ3n) is 4.94. The van der Waals surface area contributed by atoms with Gasteiger partial charge in [0, 0.05) is 28.7 Å². The zero-order valence-corrected chi connectivity index (χ0v) is 17.1. The number of benzene rings is 2. The molecule has 7 heteroatoms. The van der Waals surface area contributed by atoms with Gasteiger partial charge in [-0.15, -0.1) is 0 Å². The Balaban J connectivity index is 1.48. The molecule has 1 fully saturated rings. The molecule has 4 rings (SSSR count). The average Bonchev–Trinajstić information content (AvgIpc) is 3.24. The first-order valence-corrected chi connectivity index (χ1v) is 9.96. The van der Waals surface area contributed by atoms with Gasteiger partial charge < -0.3 is 14.2 Å². The van der Waals surface area contributed by atoms with Crippen LogP contribution in [0.3, 0.4) is 0 Å². The Hall–Kier alpha value is -2.67. The summed E-state index contributed by atoms with van der Waals surface area (Å²) in [6, 6.07) is 15.0. The lowest BCUT2D eigenvalue weighted by Gasteiger charge is -2.31. The van der Waals surface area contributed by atoms with Gasteiger partial charge >= 0.3 is 0 Å². The largest absolute Gasteiger partial charge is 0.497 e. The van der Waals surface area contributed by atoms with Crippen LogP contribution < -0.4 is 4.74 Å². The summed E-state index contributed by atoms with van der Waals surface area (Å²) in [7, 11) is 1.63. The summed E-state index contributed by atoms with van der Waals surface area (Å²) in [6.07, 6.45) is 1.83. The van der Waals surface area contributed by atoms with Crippen molar-refractivity contribution in [2.75, 3.05) is 20.2 Å². The number of piperidine rings is 1. The molecule has 0 saturated carbocycles. The normalized spacial score (nSPS) is 16.8. The molecule has 144 valence electrons. The number of halogens is 1. The Morgan fingerprint density at radius 3 is 2.64 bits per heavy atom. The second kappa shape index (κ2) is 8.14. The SMILES string of the molecule is COc1ccc(-c2noc(C3CCCN(C(=O)c4ccc(Br)cc4)C3)n2)cc1. The molecule has 0 spiro atoms. The molecule has 1 amide bonds. The first-order chi connectivity index (χ1) is 13.6. The summed E-state index contributed by atoms with van der Waals surface area (Å²) in [4.78, 5) is 19.3. The number of hydrogen-bond acceptors (Lipinski definition) is 5. The zero-order chi connectivity index (χ0) is 19.5. The first kappa shape index (κ1) is 18.7. The minimum atomic E-state index is 0.0343. The number of amides is 1. The summed E-state index contributed by atoms with van der Waals surface area (Å²) in [5.41, 5.74) is 1.56. The highest BCUT2D eigenvalue weighted by Crippen LogP contribution is 2.29. The highest BCUT2D eigenvalue weighted by molar-refractivity contribution is 9.10. The van der Waals surface area contributed by atoms with E-state index < -0.39 is 0 Å². The quantitative estimate of drug-likeness (QED) is 0.594. The highest BCUT2D eigenvalue weighted by atomic mass is 79.9. The fraction of sp³-hybridized carbons (Fsp3) is 0.286. The van der Waals surface area contributed by atoms with Crippen LogP contribution in [0.15, 0.2) is 57.5 Å². The molecular formula is C21H20BrN3O3. The minimum absolute atomic E-state index is 0.0343. The predicted octanol–water partition coefficient (Wildman–Crippen LogP) is 4.53. The topological polar surface area (TPSA) is 68.5 Å². The molecular weight excluding hydrogens is 422 g/mol. The van der Waals surface area contributed by atoms with Crippen LogP contribution in [-0.2, 0) is 0 Å². The van der Waals surface area contributed by atoms with Crippen LogP contribution in [0.4, 0.5) is 0 Å². The molecule has 6 nitrogen and oxygen atoms in total. The van der Waals surface area contributed by atoms with Crippen LogP contribution in [-0.4, -0.2) is 41.1 Å². The van der Waals surface area contributed by atoms with Gasteiger partial charge in [0.1, 0.15) is 5.75 Å². The van der Waals surface area contributed by atoms with E-state index >= 15 is 0 Å². The number of carbonyl (C=O) groups excluding carboxylic acids is 1. The first-order valence-electron chi connectivity index (χ1n) is 9.17. The number of aromatic nitrogens is 2. The van der Waals surface area contributed by atoms with E-state index in [0.29, 0.717) is 23.8 Å². The molecule has 1 aliphatic heterocycles. The van der Waals surface area contributed by atoms with Crippen molar-refractivity contribution in [2.24, 2.45) is 0 Å². The van der Waals surface area contributed by atoms with Crippen LogP contribution in [0, 0.1) is 0 Å². The number of likely N-dealkylation sites (tertiary alicyclic amines) is 1. The number of ether oxygens (including phenoxy) is 1. The summed E-state index contributed by atoms with van der Waals surface area (Å²) in [5.74, 6) is 2.00. The van der Waals surface area contributed by atoms with E-state index in [1.165, 1.54) is 0 Å². The van der Waals surface area contributed by atoms with Crippen molar-refractivity contribution in [1.29, 1.82) is 0 Å². The van der Waals surface area contributed by atoms with E-state index in [-0.39, 0.29) is 11.8 Å². The van der Waals surface area contributed by atoms with Crippen molar-refractivity contribution in [3.63, 3.8) is 0 Å². The maximum atomic E-state index is 12.8. The van der Waals surface area contributed by atoms with Gasteiger partial charge in [0.05, 0.1) is 13.0 Å². The van der Waals surface area contributed by atoms with Gasteiger partial charge in [0.25, 0.3) is 5.91 Å². The van der Waals surface area contributed by atoms with Gasteiger partial charge in [-0.25, -0.2) is 0 Å². The third-order valence-corrected chi connectivity index (χ3v) is 5.47. The van der Waals surface area contributed by atoms with E-state index in [1.54, 1.807) is 7.11 Å². The number of hydrogen-bond donors (Lipinski definition) is 0. The van der Waals surface area contributed by atoms with E-state index in [2.05, 4.69) is 26.1 Å². The van der Waals surface area contributed by atoms with Crippen LogP contribution >= 0.6 is 15.9 Å². The molecule has 1 aliphatic rings.